The molecule has 0 aromatic heterocycles. The van der Waals surface area contributed by atoms with Crippen LogP contribution in [-0.2, 0) is 4.79 Å². The quantitative estimate of drug-likeness (QED) is 0.930. The van der Waals surface area contributed by atoms with Gasteiger partial charge in [-0.1, -0.05) is 35.0 Å². The molecule has 90 valence electrons. The Hall–Kier alpha value is -0.910. The largest absolute Gasteiger partial charge is 0.366 e. The highest BCUT2D eigenvalue weighted by atomic mass is 35.5. The summed E-state index contributed by atoms with van der Waals surface area (Å²) in [4.78, 5) is 23.8. The average Bonchev–Trinajstić information content (AvgIpc) is 2.61. The standard InChI is InChI=1S/C10H8Cl2N2O2S/c11-6-1-2-7(12)8(3-6)13-5-14-9(15)4-17-10(14)16/h1-3,13H,4-5H2. The zero-order valence-corrected chi connectivity index (χ0v) is 10.9. The molecule has 1 aliphatic rings. The van der Waals surface area contributed by atoms with Crippen molar-refractivity contribution in [3.8, 4) is 0 Å². The molecule has 2 rings (SSSR count). The first kappa shape index (κ1) is 12.5. The highest BCUT2D eigenvalue weighted by Crippen LogP contribution is 2.26. The van der Waals surface area contributed by atoms with Gasteiger partial charge in [0.1, 0.15) is 0 Å². The number of anilines is 1. The number of benzene rings is 1. The van der Waals surface area contributed by atoms with Gasteiger partial charge in [-0.2, -0.15) is 0 Å². The summed E-state index contributed by atoms with van der Waals surface area (Å²) in [5, 5.41) is 3.68. The molecular weight excluding hydrogens is 283 g/mol. The van der Waals surface area contributed by atoms with Crippen molar-refractivity contribution in [3.63, 3.8) is 0 Å². The lowest BCUT2D eigenvalue weighted by atomic mass is 10.3. The molecule has 0 bridgehead atoms. The summed E-state index contributed by atoms with van der Waals surface area (Å²) in [6, 6.07) is 4.95. The SMILES string of the molecule is O=C1CSC(=O)N1CNc1cc(Cl)ccc1Cl. The number of thioether (sulfide) groups is 1. The van der Waals surface area contributed by atoms with Gasteiger partial charge in [0.25, 0.3) is 5.24 Å². The Morgan fingerprint density at radius 2 is 2.12 bits per heavy atom. The Kier molecular flexibility index (Phi) is 3.81. The van der Waals surface area contributed by atoms with E-state index in [1.807, 2.05) is 0 Å². The maximum atomic E-state index is 11.3. The van der Waals surface area contributed by atoms with Crippen molar-refractivity contribution in [3.05, 3.63) is 28.2 Å². The van der Waals surface area contributed by atoms with E-state index in [2.05, 4.69) is 5.32 Å². The molecule has 1 aromatic rings. The van der Waals surface area contributed by atoms with Crippen LogP contribution >= 0.6 is 35.0 Å². The van der Waals surface area contributed by atoms with Crippen LogP contribution in [0.25, 0.3) is 0 Å². The van der Waals surface area contributed by atoms with Crippen LogP contribution in [0.2, 0.25) is 10.0 Å². The second-order valence-electron chi connectivity index (χ2n) is 3.34. The lowest BCUT2D eigenvalue weighted by molar-refractivity contribution is -0.124. The number of hydrogen-bond acceptors (Lipinski definition) is 4. The summed E-state index contributed by atoms with van der Waals surface area (Å²) >= 11 is 12.8. The van der Waals surface area contributed by atoms with E-state index in [1.165, 1.54) is 0 Å². The predicted molar refractivity (Wildman–Crippen MR) is 69.7 cm³/mol. The Labute approximate surface area is 112 Å². The van der Waals surface area contributed by atoms with Gasteiger partial charge in [0.05, 0.1) is 23.1 Å². The van der Waals surface area contributed by atoms with Crippen LogP contribution in [0.1, 0.15) is 0 Å². The smallest absolute Gasteiger partial charge is 0.290 e. The van der Waals surface area contributed by atoms with E-state index in [1.54, 1.807) is 18.2 Å². The molecule has 0 radical (unpaired) electrons. The van der Waals surface area contributed by atoms with Gasteiger partial charge < -0.3 is 5.32 Å². The Balaban J connectivity index is 2.04. The van der Waals surface area contributed by atoms with Crippen molar-refractivity contribution in [1.29, 1.82) is 0 Å². The lowest BCUT2D eigenvalue weighted by Gasteiger charge is -2.15. The third kappa shape index (κ3) is 2.86. The second-order valence-corrected chi connectivity index (χ2v) is 5.11. The van der Waals surface area contributed by atoms with Crippen LogP contribution in [-0.4, -0.2) is 28.5 Å². The fourth-order valence-electron chi connectivity index (χ4n) is 1.33. The van der Waals surface area contributed by atoms with Gasteiger partial charge in [-0.05, 0) is 18.2 Å². The monoisotopic (exact) mass is 290 g/mol. The van der Waals surface area contributed by atoms with Crippen molar-refractivity contribution in [2.75, 3.05) is 17.7 Å². The fraction of sp³-hybridized carbons (Fsp3) is 0.200. The van der Waals surface area contributed by atoms with Crippen LogP contribution in [0.3, 0.4) is 0 Å². The van der Waals surface area contributed by atoms with Crippen molar-refractivity contribution in [2.45, 2.75) is 0 Å². The minimum Gasteiger partial charge on any atom is -0.366 e. The first-order valence-corrected chi connectivity index (χ1v) is 6.48. The molecule has 1 N–H and O–H groups in total. The van der Waals surface area contributed by atoms with Crippen LogP contribution in [0.5, 0.6) is 0 Å². The van der Waals surface area contributed by atoms with Gasteiger partial charge in [0.15, 0.2) is 0 Å². The van der Waals surface area contributed by atoms with Crippen LogP contribution in [0.15, 0.2) is 18.2 Å². The van der Waals surface area contributed by atoms with E-state index in [0.29, 0.717) is 15.7 Å². The first-order chi connectivity index (χ1) is 8.08. The highest BCUT2D eigenvalue weighted by molar-refractivity contribution is 8.14. The first-order valence-electron chi connectivity index (χ1n) is 4.74. The normalized spacial score (nSPS) is 15.5. The molecule has 0 aliphatic carbocycles. The summed E-state index contributed by atoms with van der Waals surface area (Å²) < 4.78 is 0. The number of imide groups is 1. The number of amides is 2. The number of nitrogens with one attached hydrogen (secondary N) is 1. The van der Waals surface area contributed by atoms with Crippen molar-refractivity contribution in [2.24, 2.45) is 0 Å². The topological polar surface area (TPSA) is 49.4 Å². The molecule has 17 heavy (non-hydrogen) atoms. The summed E-state index contributed by atoms with van der Waals surface area (Å²) in [5.41, 5.74) is 0.594. The maximum absolute atomic E-state index is 11.3. The molecule has 1 heterocycles. The van der Waals surface area contributed by atoms with Crippen LogP contribution in [0.4, 0.5) is 10.5 Å². The van der Waals surface area contributed by atoms with E-state index in [9.17, 15) is 9.59 Å². The number of rotatable bonds is 3. The van der Waals surface area contributed by atoms with Crippen LogP contribution < -0.4 is 5.32 Å². The molecule has 1 aromatic carbocycles. The molecule has 1 fully saturated rings. The summed E-state index contributed by atoms with van der Waals surface area (Å²) in [6.45, 7) is 0.102. The van der Waals surface area contributed by atoms with E-state index >= 15 is 0 Å². The Morgan fingerprint density at radius 3 is 2.76 bits per heavy atom. The molecule has 1 saturated heterocycles. The van der Waals surface area contributed by atoms with Gasteiger partial charge in [-0.25, -0.2) is 0 Å². The Bertz CT molecular complexity index is 465. The van der Waals surface area contributed by atoms with E-state index in [0.717, 1.165) is 16.7 Å². The number of carbonyl (C=O) groups is 2. The highest BCUT2D eigenvalue weighted by Gasteiger charge is 2.29. The van der Waals surface area contributed by atoms with Gasteiger partial charge >= 0.3 is 0 Å². The molecule has 4 nitrogen and oxygen atoms in total. The average molecular weight is 291 g/mol. The minimum atomic E-state index is -0.249. The molecule has 0 atom stereocenters. The third-order valence-corrected chi connectivity index (χ3v) is 3.62. The molecule has 2 amide bonds. The lowest BCUT2D eigenvalue weighted by Crippen LogP contribution is -2.33. The van der Waals surface area contributed by atoms with Gasteiger partial charge in [-0.15, -0.1) is 0 Å². The summed E-state index contributed by atoms with van der Waals surface area (Å²) in [7, 11) is 0. The number of carbonyl (C=O) groups excluding carboxylic acids is 2. The number of nitrogens with zero attached hydrogens (tertiary/aromatic N) is 1. The van der Waals surface area contributed by atoms with Gasteiger partial charge in [0.2, 0.25) is 5.91 Å². The van der Waals surface area contributed by atoms with E-state index in [4.69, 9.17) is 23.2 Å². The fourth-order valence-corrected chi connectivity index (χ4v) is 2.41. The molecular formula is C10H8Cl2N2O2S. The minimum absolute atomic E-state index is 0.102. The molecule has 0 saturated carbocycles. The number of halogens is 2. The van der Waals surface area contributed by atoms with Crippen molar-refractivity contribution >= 4 is 51.8 Å². The van der Waals surface area contributed by atoms with Crippen molar-refractivity contribution in [1.82, 2.24) is 4.90 Å². The zero-order chi connectivity index (χ0) is 12.4. The molecule has 0 unspecified atom stereocenters. The van der Waals surface area contributed by atoms with Gasteiger partial charge in [-0.3, -0.25) is 14.5 Å². The van der Waals surface area contributed by atoms with Gasteiger partial charge in [0, 0.05) is 5.02 Å². The number of hydrogen-bond donors (Lipinski definition) is 1. The second kappa shape index (κ2) is 5.16. The maximum Gasteiger partial charge on any atom is 0.290 e. The summed E-state index contributed by atoms with van der Waals surface area (Å²) in [6.07, 6.45) is 0. The summed E-state index contributed by atoms with van der Waals surface area (Å²) in [5.74, 6) is -0.00490. The molecule has 7 heteroatoms. The van der Waals surface area contributed by atoms with Crippen molar-refractivity contribution < 1.29 is 9.59 Å². The molecule has 1 aliphatic heterocycles. The van der Waals surface area contributed by atoms with E-state index in [-0.39, 0.29) is 23.6 Å². The Morgan fingerprint density at radius 1 is 1.35 bits per heavy atom. The molecule has 0 spiro atoms. The zero-order valence-electron chi connectivity index (χ0n) is 8.57. The van der Waals surface area contributed by atoms with E-state index < -0.39 is 0 Å². The third-order valence-electron chi connectivity index (χ3n) is 2.20. The predicted octanol–water partition coefficient (Wildman–Crippen LogP) is 3.06. The van der Waals surface area contributed by atoms with Crippen LogP contribution in [0, 0.1) is 0 Å².